The van der Waals surface area contributed by atoms with Crippen molar-refractivity contribution in [2.75, 3.05) is 0 Å². The lowest BCUT2D eigenvalue weighted by atomic mass is 9.74. The average Bonchev–Trinajstić information content (AvgIpc) is 2.85. The van der Waals surface area contributed by atoms with Crippen molar-refractivity contribution in [1.29, 1.82) is 0 Å². The fourth-order valence-corrected chi connectivity index (χ4v) is 6.60. The minimum atomic E-state index is -1.36. The molecule has 0 atom stereocenters. The molecule has 0 saturated heterocycles. The standard InChI is InChI=1S/C31H49F3/c1-2-3-4-5-6-7-8-9-24-10-12-25(13-11-24)14-15-26-16-18-27(19-17-26)20-21-28-22-29(32)31(34)30(33)23-28/h22-27H,2-21H2,1H3/t24-,25-,26-,27-. The van der Waals surface area contributed by atoms with Crippen LogP contribution in [0, 0.1) is 41.1 Å². The maximum atomic E-state index is 13.4. The van der Waals surface area contributed by atoms with E-state index < -0.39 is 17.5 Å². The van der Waals surface area contributed by atoms with Crippen molar-refractivity contribution in [2.45, 2.75) is 135 Å². The van der Waals surface area contributed by atoms with Crippen LogP contribution in [-0.4, -0.2) is 0 Å². The lowest BCUT2D eigenvalue weighted by Crippen LogP contribution is -2.18. The number of hydrogen-bond acceptors (Lipinski definition) is 0. The van der Waals surface area contributed by atoms with Crippen LogP contribution < -0.4 is 0 Å². The summed E-state index contributed by atoms with van der Waals surface area (Å²) in [4.78, 5) is 0. The second kappa shape index (κ2) is 15.2. The van der Waals surface area contributed by atoms with E-state index in [4.69, 9.17) is 0 Å². The third-order valence-electron chi connectivity index (χ3n) is 9.02. The summed E-state index contributed by atoms with van der Waals surface area (Å²) < 4.78 is 40.0. The SMILES string of the molecule is CCCCCCCCC[C@H]1CC[C@H](CC[C@H]2CC[C@H](CCc3cc(F)c(F)c(F)c3)CC2)CC1. The molecule has 2 aliphatic carbocycles. The van der Waals surface area contributed by atoms with Crippen molar-refractivity contribution in [3.63, 3.8) is 0 Å². The molecule has 0 radical (unpaired) electrons. The molecule has 2 aliphatic rings. The molecule has 1 aromatic carbocycles. The van der Waals surface area contributed by atoms with E-state index in [2.05, 4.69) is 6.92 Å². The molecule has 0 unspecified atom stereocenters. The third-order valence-corrected chi connectivity index (χ3v) is 9.02. The lowest BCUT2D eigenvalue weighted by molar-refractivity contribution is 0.208. The van der Waals surface area contributed by atoms with E-state index in [1.807, 2.05) is 0 Å². The molecule has 34 heavy (non-hydrogen) atoms. The minimum absolute atomic E-state index is 0.584. The minimum Gasteiger partial charge on any atom is -0.204 e. The Morgan fingerprint density at radius 2 is 0.971 bits per heavy atom. The molecule has 1 aromatic rings. The van der Waals surface area contributed by atoms with E-state index >= 15 is 0 Å². The van der Waals surface area contributed by atoms with Crippen LogP contribution in [0.25, 0.3) is 0 Å². The van der Waals surface area contributed by atoms with Crippen molar-refractivity contribution in [3.05, 3.63) is 35.1 Å². The van der Waals surface area contributed by atoms with Gasteiger partial charge < -0.3 is 0 Å². The molecule has 0 amide bonds. The molecular formula is C31H49F3. The Hall–Kier alpha value is -0.990. The van der Waals surface area contributed by atoms with E-state index in [0.717, 1.165) is 36.3 Å². The maximum Gasteiger partial charge on any atom is 0.194 e. The lowest BCUT2D eigenvalue weighted by Gasteiger charge is -2.32. The quantitative estimate of drug-likeness (QED) is 0.184. The predicted molar refractivity (Wildman–Crippen MR) is 137 cm³/mol. The summed E-state index contributed by atoms with van der Waals surface area (Å²) in [5, 5.41) is 0. The summed E-state index contributed by atoms with van der Waals surface area (Å²) in [6, 6.07) is 2.32. The van der Waals surface area contributed by atoms with E-state index in [1.54, 1.807) is 0 Å². The smallest absolute Gasteiger partial charge is 0.194 e. The van der Waals surface area contributed by atoms with Crippen molar-refractivity contribution in [2.24, 2.45) is 23.7 Å². The maximum absolute atomic E-state index is 13.4. The molecule has 3 rings (SSSR count). The fourth-order valence-electron chi connectivity index (χ4n) is 6.60. The first-order valence-electron chi connectivity index (χ1n) is 14.7. The number of unbranched alkanes of at least 4 members (excludes halogenated alkanes) is 6. The molecule has 0 heterocycles. The number of halogens is 3. The van der Waals surface area contributed by atoms with Gasteiger partial charge in [0.05, 0.1) is 0 Å². The van der Waals surface area contributed by atoms with Crippen LogP contribution in [0.1, 0.15) is 134 Å². The molecule has 0 N–H and O–H groups in total. The third kappa shape index (κ3) is 9.57. The molecular weight excluding hydrogens is 429 g/mol. The zero-order valence-corrected chi connectivity index (χ0v) is 21.7. The van der Waals surface area contributed by atoms with Gasteiger partial charge in [-0.3, -0.25) is 0 Å². The topological polar surface area (TPSA) is 0 Å². The van der Waals surface area contributed by atoms with Gasteiger partial charge in [0.1, 0.15) is 0 Å². The summed E-state index contributed by atoms with van der Waals surface area (Å²) in [5.41, 5.74) is 0.584. The van der Waals surface area contributed by atoms with Crippen LogP contribution in [0.5, 0.6) is 0 Å². The Morgan fingerprint density at radius 1 is 0.559 bits per heavy atom. The van der Waals surface area contributed by atoms with Gasteiger partial charge in [-0.2, -0.15) is 0 Å². The van der Waals surface area contributed by atoms with Crippen molar-refractivity contribution in [3.8, 4) is 0 Å². The highest BCUT2D eigenvalue weighted by molar-refractivity contribution is 5.19. The van der Waals surface area contributed by atoms with Gasteiger partial charge in [0.2, 0.25) is 0 Å². The van der Waals surface area contributed by atoms with E-state index in [1.165, 1.54) is 116 Å². The summed E-state index contributed by atoms with van der Waals surface area (Å²) in [6.45, 7) is 2.29. The molecule has 194 valence electrons. The van der Waals surface area contributed by atoms with Crippen molar-refractivity contribution in [1.82, 2.24) is 0 Å². The molecule has 0 spiro atoms. The van der Waals surface area contributed by atoms with E-state index in [9.17, 15) is 13.2 Å². The van der Waals surface area contributed by atoms with Crippen LogP contribution in [0.4, 0.5) is 13.2 Å². The van der Waals surface area contributed by atoms with Gasteiger partial charge in [0.25, 0.3) is 0 Å². The zero-order valence-electron chi connectivity index (χ0n) is 21.7. The van der Waals surface area contributed by atoms with Crippen LogP contribution >= 0.6 is 0 Å². The van der Waals surface area contributed by atoms with Crippen LogP contribution in [-0.2, 0) is 6.42 Å². The van der Waals surface area contributed by atoms with Gasteiger partial charge in [-0.1, -0.05) is 122 Å². The Labute approximate surface area is 207 Å². The Bertz CT molecular complexity index is 661. The highest BCUT2D eigenvalue weighted by atomic mass is 19.2. The van der Waals surface area contributed by atoms with Gasteiger partial charge in [0.15, 0.2) is 17.5 Å². The molecule has 3 heteroatoms. The van der Waals surface area contributed by atoms with Crippen LogP contribution in [0.15, 0.2) is 12.1 Å². The Morgan fingerprint density at radius 3 is 1.47 bits per heavy atom. The van der Waals surface area contributed by atoms with Gasteiger partial charge in [-0.05, 0) is 54.2 Å². The molecule has 0 nitrogen and oxygen atoms in total. The van der Waals surface area contributed by atoms with Gasteiger partial charge in [0, 0.05) is 0 Å². The number of rotatable bonds is 14. The van der Waals surface area contributed by atoms with Gasteiger partial charge >= 0.3 is 0 Å². The summed E-state index contributed by atoms with van der Waals surface area (Å²) in [6.07, 6.45) is 26.8. The molecule has 2 fully saturated rings. The first kappa shape index (κ1) is 27.6. The molecule has 0 aromatic heterocycles. The second-order valence-electron chi connectivity index (χ2n) is 11.7. The van der Waals surface area contributed by atoms with Gasteiger partial charge in [-0.25, -0.2) is 13.2 Å². The summed E-state index contributed by atoms with van der Waals surface area (Å²) in [7, 11) is 0. The van der Waals surface area contributed by atoms with Crippen LogP contribution in [0.2, 0.25) is 0 Å². The largest absolute Gasteiger partial charge is 0.204 e. The average molecular weight is 479 g/mol. The Balaban J connectivity index is 1.21. The molecule has 2 saturated carbocycles. The number of aryl methyl sites for hydroxylation is 1. The highest BCUT2D eigenvalue weighted by Gasteiger charge is 2.25. The van der Waals surface area contributed by atoms with Crippen LogP contribution in [0.3, 0.4) is 0 Å². The number of hydrogen-bond donors (Lipinski definition) is 0. The first-order valence-corrected chi connectivity index (χ1v) is 14.7. The van der Waals surface area contributed by atoms with E-state index in [-0.39, 0.29) is 0 Å². The fraction of sp³-hybridized carbons (Fsp3) is 0.806. The van der Waals surface area contributed by atoms with E-state index in [0.29, 0.717) is 17.9 Å². The normalized spacial score (nSPS) is 25.5. The van der Waals surface area contributed by atoms with Crippen molar-refractivity contribution >= 4 is 0 Å². The van der Waals surface area contributed by atoms with Gasteiger partial charge in [-0.15, -0.1) is 0 Å². The second-order valence-corrected chi connectivity index (χ2v) is 11.7. The van der Waals surface area contributed by atoms with Crippen molar-refractivity contribution < 1.29 is 13.2 Å². The first-order chi connectivity index (χ1) is 16.5. The predicted octanol–water partition coefficient (Wildman–Crippen LogP) is 10.6. The number of benzene rings is 1. The highest BCUT2D eigenvalue weighted by Crippen LogP contribution is 2.38. The molecule has 0 aliphatic heterocycles. The molecule has 0 bridgehead atoms. The Kier molecular flexibility index (Phi) is 12.3. The zero-order chi connectivity index (χ0) is 24.2. The monoisotopic (exact) mass is 478 g/mol. The summed E-state index contributed by atoms with van der Waals surface area (Å²) >= 11 is 0. The summed E-state index contributed by atoms with van der Waals surface area (Å²) in [5.74, 6) is 0.00980.